The van der Waals surface area contributed by atoms with Gasteiger partial charge in [-0.1, -0.05) is 23.7 Å². The molecular weight excluding hydrogens is 497 g/mol. The SMILES string of the molecule is CONC(=O)c1ccc(Nc2ncc(Cl)c(Nc3ccccc3P(=O)(OC)OC)n2)c2c1CCO2. The maximum absolute atomic E-state index is 13.0. The minimum Gasteiger partial charge on any atom is -0.491 e. The molecule has 0 unspecified atom stereocenters. The molecule has 0 atom stereocenters. The number of nitrogens with one attached hydrogen (secondary N) is 3. The molecule has 1 aliphatic rings. The summed E-state index contributed by atoms with van der Waals surface area (Å²) in [6.45, 7) is 0.436. The third-order valence-corrected chi connectivity index (χ3v) is 7.44. The third-order valence-electron chi connectivity index (χ3n) is 5.22. The van der Waals surface area contributed by atoms with E-state index in [4.69, 9.17) is 30.2 Å². The number of rotatable bonds is 9. The zero-order valence-corrected chi connectivity index (χ0v) is 20.8. The summed E-state index contributed by atoms with van der Waals surface area (Å²) in [5, 5.41) is 6.75. The van der Waals surface area contributed by atoms with Crippen LogP contribution in [0, 0.1) is 0 Å². The number of hydrogen-bond donors (Lipinski definition) is 3. The predicted octanol–water partition coefficient (Wildman–Crippen LogP) is 3.95. The van der Waals surface area contributed by atoms with Crippen molar-refractivity contribution in [2.75, 3.05) is 38.6 Å². The second-order valence-corrected chi connectivity index (χ2v) is 9.84. The van der Waals surface area contributed by atoms with Gasteiger partial charge >= 0.3 is 7.60 Å². The number of ether oxygens (including phenoxy) is 1. The summed E-state index contributed by atoms with van der Waals surface area (Å²) in [5.41, 5.74) is 4.57. The topological polar surface area (TPSA) is 133 Å². The van der Waals surface area contributed by atoms with Crippen molar-refractivity contribution in [2.45, 2.75) is 6.42 Å². The first-order valence-electron chi connectivity index (χ1n) is 10.4. The molecule has 3 aromatic rings. The monoisotopic (exact) mass is 519 g/mol. The number of para-hydroxylation sites is 1. The summed E-state index contributed by atoms with van der Waals surface area (Å²) in [7, 11) is 0.453. The molecule has 1 aromatic heterocycles. The second kappa shape index (κ2) is 10.6. The second-order valence-electron chi connectivity index (χ2n) is 7.22. The smallest absolute Gasteiger partial charge is 0.362 e. The van der Waals surface area contributed by atoms with E-state index in [0.717, 1.165) is 5.56 Å². The number of benzene rings is 2. The molecule has 35 heavy (non-hydrogen) atoms. The van der Waals surface area contributed by atoms with E-state index < -0.39 is 7.60 Å². The van der Waals surface area contributed by atoms with Crippen LogP contribution in [0.15, 0.2) is 42.6 Å². The van der Waals surface area contributed by atoms with Gasteiger partial charge in [0.25, 0.3) is 5.91 Å². The van der Waals surface area contributed by atoms with Crippen LogP contribution in [0.1, 0.15) is 15.9 Å². The number of nitrogens with zero attached hydrogens (tertiary/aromatic N) is 2. The summed E-state index contributed by atoms with van der Waals surface area (Å²) >= 11 is 6.33. The van der Waals surface area contributed by atoms with Crippen LogP contribution in [-0.4, -0.2) is 43.8 Å². The van der Waals surface area contributed by atoms with Crippen molar-refractivity contribution < 1.29 is 28.0 Å². The fourth-order valence-corrected chi connectivity index (χ4v) is 4.98. The first-order chi connectivity index (χ1) is 16.9. The maximum atomic E-state index is 13.0. The van der Waals surface area contributed by atoms with Crippen LogP contribution in [0.2, 0.25) is 5.02 Å². The van der Waals surface area contributed by atoms with Crippen molar-refractivity contribution >= 4 is 53.5 Å². The largest absolute Gasteiger partial charge is 0.491 e. The summed E-state index contributed by atoms with van der Waals surface area (Å²) in [5.74, 6) is 0.665. The van der Waals surface area contributed by atoms with Crippen LogP contribution < -0.4 is 26.2 Å². The van der Waals surface area contributed by atoms with Crippen LogP contribution in [0.4, 0.5) is 23.1 Å². The molecular formula is C22H23ClN5O6P. The fraction of sp³-hybridized carbons (Fsp3) is 0.227. The van der Waals surface area contributed by atoms with Crippen LogP contribution in [0.3, 0.4) is 0 Å². The molecule has 2 heterocycles. The predicted molar refractivity (Wildman–Crippen MR) is 131 cm³/mol. The van der Waals surface area contributed by atoms with Gasteiger partial charge in [-0.05, 0) is 24.3 Å². The van der Waals surface area contributed by atoms with Crippen LogP contribution in [0.25, 0.3) is 0 Å². The van der Waals surface area contributed by atoms with E-state index in [0.29, 0.717) is 41.0 Å². The molecule has 0 bridgehead atoms. The Bertz CT molecular complexity index is 1300. The number of carbonyl (C=O) groups excluding carboxylic acids is 1. The van der Waals surface area contributed by atoms with Gasteiger partial charge < -0.3 is 24.4 Å². The van der Waals surface area contributed by atoms with Crippen molar-refractivity contribution in [3.8, 4) is 5.75 Å². The van der Waals surface area contributed by atoms with E-state index in [1.807, 2.05) is 0 Å². The van der Waals surface area contributed by atoms with Crippen LogP contribution in [-0.2, 0) is 24.9 Å². The highest BCUT2D eigenvalue weighted by Crippen LogP contribution is 2.47. The maximum Gasteiger partial charge on any atom is 0.362 e. The van der Waals surface area contributed by atoms with E-state index in [9.17, 15) is 9.36 Å². The highest BCUT2D eigenvalue weighted by Gasteiger charge is 2.28. The summed E-state index contributed by atoms with van der Waals surface area (Å²) in [4.78, 5) is 25.7. The standard InChI is InChI=1S/C22H23ClN5O6P/c1-31-28-21(29)14-8-9-17(19-13(14)10-11-34-19)26-22-24-12-15(23)20(27-22)25-16-6-4-5-7-18(16)35(30,32-2)33-3/h4-9,12H,10-11H2,1-3H3,(H,28,29)(H2,24,25,26,27). The highest BCUT2D eigenvalue weighted by molar-refractivity contribution is 7.62. The summed E-state index contributed by atoms with van der Waals surface area (Å²) in [6, 6.07) is 10.2. The molecule has 184 valence electrons. The van der Waals surface area contributed by atoms with E-state index in [1.165, 1.54) is 27.5 Å². The van der Waals surface area contributed by atoms with Gasteiger partial charge in [-0.25, -0.2) is 10.5 Å². The minimum absolute atomic E-state index is 0.225. The Kier molecular flexibility index (Phi) is 7.54. The highest BCUT2D eigenvalue weighted by atomic mass is 35.5. The van der Waals surface area contributed by atoms with Gasteiger partial charge in [0.15, 0.2) is 5.82 Å². The van der Waals surface area contributed by atoms with Gasteiger partial charge in [0.1, 0.15) is 10.8 Å². The fourth-order valence-electron chi connectivity index (χ4n) is 3.61. The Morgan fingerprint density at radius 3 is 2.60 bits per heavy atom. The molecule has 4 rings (SSSR count). The van der Waals surface area contributed by atoms with Crippen molar-refractivity contribution in [1.29, 1.82) is 0 Å². The molecule has 0 saturated heterocycles. The Morgan fingerprint density at radius 1 is 1.09 bits per heavy atom. The molecule has 3 N–H and O–H groups in total. The molecule has 0 aliphatic carbocycles. The number of carbonyl (C=O) groups is 1. The van der Waals surface area contributed by atoms with E-state index in [-0.39, 0.29) is 22.7 Å². The molecule has 11 nitrogen and oxygen atoms in total. The van der Waals surface area contributed by atoms with Gasteiger partial charge in [0, 0.05) is 31.8 Å². The number of halogens is 1. The van der Waals surface area contributed by atoms with E-state index in [1.54, 1.807) is 36.4 Å². The molecule has 2 aromatic carbocycles. The molecule has 1 aliphatic heterocycles. The average molecular weight is 520 g/mol. The molecule has 1 amide bonds. The van der Waals surface area contributed by atoms with Crippen molar-refractivity contribution in [3.63, 3.8) is 0 Å². The summed E-state index contributed by atoms with van der Waals surface area (Å²) < 4.78 is 29.0. The zero-order chi connectivity index (χ0) is 25.0. The minimum atomic E-state index is -3.54. The lowest BCUT2D eigenvalue weighted by molar-refractivity contribution is 0.0537. The Labute approximate surface area is 206 Å². The average Bonchev–Trinajstić information content (AvgIpc) is 3.37. The quantitative estimate of drug-likeness (QED) is 0.282. The molecule has 0 radical (unpaired) electrons. The van der Waals surface area contributed by atoms with E-state index in [2.05, 4.69) is 26.1 Å². The molecule has 0 saturated carbocycles. The van der Waals surface area contributed by atoms with Gasteiger partial charge in [-0.15, -0.1) is 0 Å². The lowest BCUT2D eigenvalue weighted by Gasteiger charge is -2.18. The van der Waals surface area contributed by atoms with Gasteiger partial charge in [0.2, 0.25) is 5.95 Å². The van der Waals surface area contributed by atoms with Crippen LogP contribution >= 0.6 is 19.2 Å². The number of hydroxylamine groups is 1. The number of aromatic nitrogens is 2. The van der Waals surface area contributed by atoms with Gasteiger partial charge in [0.05, 0.1) is 36.6 Å². The number of fused-ring (bicyclic) bond motifs is 1. The number of hydrogen-bond acceptors (Lipinski definition) is 10. The van der Waals surface area contributed by atoms with Crippen molar-refractivity contribution in [1.82, 2.24) is 15.4 Å². The third kappa shape index (κ3) is 5.09. The number of amides is 1. The molecule has 13 heteroatoms. The normalized spacial score (nSPS) is 12.6. The van der Waals surface area contributed by atoms with Crippen molar-refractivity contribution in [2.24, 2.45) is 0 Å². The Balaban J connectivity index is 1.64. The zero-order valence-electron chi connectivity index (χ0n) is 19.1. The molecule has 0 fully saturated rings. The van der Waals surface area contributed by atoms with Crippen molar-refractivity contribution in [3.05, 3.63) is 58.7 Å². The first-order valence-corrected chi connectivity index (χ1v) is 12.3. The Morgan fingerprint density at radius 2 is 1.86 bits per heavy atom. The Hall–Kier alpha value is -3.21. The number of anilines is 4. The van der Waals surface area contributed by atoms with Gasteiger partial charge in [-0.3, -0.25) is 14.2 Å². The van der Waals surface area contributed by atoms with Gasteiger partial charge in [-0.2, -0.15) is 4.98 Å². The first kappa shape index (κ1) is 24.9. The molecule has 0 spiro atoms. The lowest BCUT2D eigenvalue weighted by Crippen LogP contribution is -2.23. The van der Waals surface area contributed by atoms with Crippen LogP contribution in [0.5, 0.6) is 5.75 Å². The lowest BCUT2D eigenvalue weighted by atomic mass is 10.0. The van der Waals surface area contributed by atoms with E-state index >= 15 is 0 Å². The summed E-state index contributed by atoms with van der Waals surface area (Å²) in [6.07, 6.45) is 2.00.